The standard InChI is InChI=1S/C23H16Cl2N2O2S/c1-29-18-10-8-17(9-11-18)27-21(15-5-3-2-4-6-15)14-30-23(27)26-22(28)19-12-7-16(24)13-20(19)25/h2-14H,1H3. The number of carbonyl (C=O) groups excluding carboxylic acids is 1. The van der Waals surface area contributed by atoms with Gasteiger partial charge in [0.2, 0.25) is 0 Å². The number of benzene rings is 3. The molecule has 0 aliphatic carbocycles. The molecular formula is C23H16Cl2N2O2S. The van der Waals surface area contributed by atoms with Crippen molar-refractivity contribution in [1.29, 1.82) is 0 Å². The van der Waals surface area contributed by atoms with Crippen molar-refractivity contribution in [1.82, 2.24) is 4.57 Å². The minimum absolute atomic E-state index is 0.270. The van der Waals surface area contributed by atoms with Crippen LogP contribution in [-0.4, -0.2) is 17.6 Å². The van der Waals surface area contributed by atoms with Crippen LogP contribution in [0.1, 0.15) is 10.4 Å². The minimum atomic E-state index is -0.430. The van der Waals surface area contributed by atoms with Crippen LogP contribution in [0.25, 0.3) is 16.9 Å². The number of aromatic nitrogens is 1. The summed E-state index contributed by atoms with van der Waals surface area (Å²) < 4.78 is 7.21. The summed E-state index contributed by atoms with van der Waals surface area (Å²) >= 11 is 13.5. The smallest absolute Gasteiger partial charge is 0.281 e. The maximum absolute atomic E-state index is 12.9. The number of hydrogen-bond acceptors (Lipinski definition) is 3. The number of methoxy groups -OCH3 is 1. The van der Waals surface area contributed by atoms with E-state index in [1.54, 1.807) is 19.2 Å². The molecule has 0 aliphatic heterocycles. The Balaban J connectivity index is 1.88. The van der Waals surface area contributed by atoms with Crippen molar-refractivity contribution in [3.63, 3.8) is 0 Å². The molecule has 1 amide bonds. The van der Waals surface area contributed by atoms with Crippen molar-refractivity contribution >= 4 is 40.4 Å². The van der Waals surface area contributed by atoms with E-state index >= 15 is 0 Å². The van der Waals surface area contributed by atoms with E-state index in [2.05, 4.69) is 4.99 Å². The van der Waals surface area contributed by atoms with Crippen LogP contribution in [0.15, 0.2) is 83.2 Å². The molecule has 150 valence electrons. The second kappa shape index (κ2) is 8.88. The first-order valence-corrected chi connectivity index (χ1v) is 10.6. The summed E-state index contributed by atoms with van der Waals surface area (Å²) in [6.07, 6.45) is 0. The molecule has 0 aliphatic rings. The lowest BCUT2D eigenvalue weighted by Gasteiger charge is -2.10. The molecule has 4 rings (SSSR count). The molecule has 0 unspecified atom stereocenters. The van der Waals surface area contributed by atoms with Crippen molar-refractivity contribution in [2.24, 2.45) is 4.99 Å². The van der Waals surface area contributed by atoms with Gasteiger partial charge in [0.05, 0.1) is 23.4 Å². The predicted molar refractivity (Wildman–Crippen MR) is 122 cm³/mol. The molecule has 0 fully saturated rings. The topological polar surface area (TPSA) is 43.6 Å². The number of ether oxygens (including phenoxy) is 1. The van der Waals surface area contributed by atoms with E-state index in [9.17, 15) is 4.79 Å². The highest BCUT2D eigenvalue weighted by atomic mass is 35.5. The van der Waals surface area contributed by atoms with Gasteiger partial charge in [-0.1, -0.05) is 53.5 Å². The summed E-state index contributed by atoms with van der Waals surface area (Å²) in [5.41, 5.74) is 3.11. The van der Waals surface area contributed by atoms with Gasteiger partial charge in [-0.3, -0.25) is 9.36 Å². The average Bonchev–Trinajstić information content (AvgIpc) is 3.17. The minimum Gasteiger partial charge on any atom is -0.497 e. The zero-order valence-electron chi connectivity index (χ0n) is 15.9. The molecule has 0 saturated carbocycles. The highest BCUT2D eigenvalue weighted by Crippen LogP contribution is 2.25. The summed E-state index contributed by atoms with van der Waals surface area (Å²) in [6, 6.07) is 22.3. The Morgan fingerprint density at radius 1 is 1.00 bits per heavy atom. The van der Waals surface area contributed by atoms with Gasteiger partial charge >= 0.3 is 0 Å². The quantitative estimate of drug-likeness (QED) is 0.365. The zero-order chi connectivity index (χ0) is 21.1. The lowest BCUT2D eigenvalue weighted by Crippen LogP contribution is -2.16. The van der Waals surface area contributed by atoms with Crippen LogP contribution < -0.4 is 9.54 Å². The molecular weight excluding hydrogens is 439 g/mol. The van der Waals surface area contributed by atoms with E-state index in [-0.39, 0.29) is 5.02 Å². The largest absolute Gasteiger partial charge is 0.497 e. The summed E-state index contributed by atoms with van der Waals surface area (Å²) in [5.74, 6) is 0.318. The summed E-state index contributed by atoms with van der Waals surface area (Å²) in [4.78, 5) is 17.8. The van der Waals surface area contributed by atoms with Crippen LogP contribution in [0.5, 0.6) is 5.75 Å². The third kappa shape index (κ3) is 4.19. The second-order valence-corrected chi connectivity index (χ2v) is 8.02. The van der Waals surface area contributed by atoms with E-state index < -0.39 is 5.91 Å². The fraction of sp³-hybridized carbons (Fsp3) is 0.0435. The molecule has 3 aromatic carbocycles. The van der Waals surface area contributed by atoms with Crippen LogP contribution in [0, 0.1) is 0 Å². The van der Waals surface area contributed by atoms with Gasteiger partial charge in [0.15, 0.2) is 4.80 Å². The lowest BCUT2D eigenvalue weighted by atomic mass is 10.1. The van der Waals surface area contributed by atoms with Gasteiger partial charge in [-0.05, 0) is 48.0 Å². The highest BCUT2D eigenvalue weighted by molar-refractivity contribution is 7.07. The fourth-order valence-electron chi connectivity index (χ4n) is 2.99. The number of hydrogen-bond donors (Lipinski definition) is 0. The average molecular weight is 455 g/mol. The molecule has 4 nitrogen and oxygen atoms in total. The molecule has 1 aromatic heterocycles. The Bertz CT molecular complexity index is 1260. The van der Waals surface area contributed by atoms with E-state index in [0.717, 1.165) is 22.7 Å². The second-order valence-electron chi connectivity index (χ2n) is 6.34. The van der Waals surface area contributed by atoms with Crippen molar-refractivity contribution in [2.75, 3.05) is 7.11 Å². The van der Waals surface area contributed by atoms with E-state index in [0.29, 0.717) is 15.4 Å². The Labute approximate surface area is 187 Å². The van der Waals surface area contributed by atoms with Gasteiger partial charge in [0.1, 0.15) is 5.75 Å². The van der Waals surface area contributed by atoms with Gasteiger partial charge in [0.25, 0.3) is 5.91 Å². The third-order valence-electron chi connectivity index (χ3n) is 4.47. The summed E-state index contributed by atoms with van der Waals surface area (Å²) in [5, 5.41) is 2.72. The van der Waals surface area contributed by atoms with Crippen molar-refractivity contribution in [3.8, 4) is 22.7 Å². The first-order chi connectivity index (χ1) is 14.6. The van der Waals surface area contributed by atoms with E-state index in [1.165, 1.54) is 17.4 Å². The van der Waals surface area contributed by atoms with Gasteiger partial charge in [0, 0.05) is 16.1 Å². The van der Waals surface area contributed by atoms with Gasteiger partial charge in [-0.15, -0.1) is 11.3 Å². The lowest BCUT2D eigenvalue weighted by molar-refractivity contribution is 0.0998. The molecule has 0 radical (unpaired) electrons. The first-order valence-electron chi connectivity index (χ1n) is 9.01. The van der Waals surface area contributed by atoms with Crippen LogP contribution in [0.3, 0.4) is 0 Å². The third-order valence-corrected chi connectivity index (χ3v) is 5.84. The van der Waals surface area contributed by atoms with Gasteiger partial charge < -0.3 is 4.74 Å². The maximum atomic E-state index is 12.9. The fourth-order valence-corrected chi connectivity index (χ4v) is 4.38. The molecule has 0 atom stereocenters. The predicted octanol–water partition coefficient (Wildman–Crippen LogP) is 6.26. The van der Waals surface area contributed by atoms with E-state index in [1.807, 2.05) is 64.5 Å². The molecule has 0 bridgehead atoms. The molecule has 0 saturated heterocycles. The van der Waals surface area contributed by atoms with Crippen LogP contribution >= 0.6 is 34.5 Å². The molecule has 4 aromatic rings. The molecule has 30 heavy (non-hydrogen) atoms. The Morgan fingerprint density at radius 3 is 2.40 bits per heavy atom. The number of rotatable bonds is 4. The molecule has 7 heteroatoms. The maximum Gasteiger partial charge on any atom is 0.281 e. The highest BCUT2D eigenvalue weighted by Gasteiger charge is 2.14. The normalized spacial score (nSPS) is 11.5. The summed E-state index contributed by atoms with van der Waals surface area (Å²) in [7, 11) is 1.62. The first kappa shape index (κ1) is 20.4. The van der Waals surface area contributed by atoms with Crippen molar-refractivity contribution < 1.29 is 9.53 Å². The number of halogens is 2. The SMILES string of the molecule is COc1ccc(-n2c(-c3ccccc3)csc2=NC(=O)c2ccc(Cl)cc2Cl)cc1. The van der Waals surface area contributed by atoms with Gasteiger partial charge in [-0.25, -0.2) is 0 Å². The van der Waals surface area contributed by atoms with Crippen molar-refractivity contribution in [3.05, 3.63) is 98.6 Å². The summed E-state index contributed by atoms with van der Waals surface area (Å²) in [6.45, 7) is 0. The zero-order valence-corrected chi connectivity index (χ0v) is 18.2. The Kier molecular flexibility index (Phi) is 6.04. The number of nitrogens with zero attached hydrogens (tertiary/aromatic N) is 2. The number of carbonyl (C=O) groups is 1. The van der Waals surface area contributed by atoms with Crippen molar-refractivity contribution in [2.45, 2.75) is 0 Å². The van der Waals surface area contributed by atoms with Crippen LogP contribution in [0.4, 0.5) is 0 Å². The Hall–Kier alpha value is -2.86. The van der Waals surface area contributed by atoms with E-state index in [4.69, 9.17) is 27.9 Å². The van der Waals surface area contributed by atoms with Crippen LogP contribution in [0.2, 0.25) is 10.0 Å². The van der Waals surface area contributed by atoms with Crippen LogP contribution in [-0.2, 0) is 0 Å². The van der Waals surface area contributed by atoms with Gasteiger partial charge in [-0.2, -0.15) is 4.99 Å². The molecule has 0 spiro atoms. The molecule has 0 N–H and O–H groups in total. The monoisotopic (exact) mass is 454 g/mol. The number of amides is 1. The molecule has 1 heterocycles. The number of thiazole rings is 1. The Morgan fingerprint density at radius 2 is 1.73 bits per heavy atom.